The largest absolute Gasteiger partial charge is 0.355 e. The van der Waals surface area contributed by atoms with Gasteiger partial charge in [0.15, 0.2) is 5.96 Å². The normalized spacial score (nSPS) is 15.2. The molecule has 0 unspecified atom stereocenters. The molecule has 28 heavy (non-hydrogen) atoms. The minimum atomic E-state index is -0.346. The molecule has 6 nitrogen and oxygen atoms in total. The van der Waals surface area contributed by atoms with Crippen molar-refractivity contribution in [2.75, 3.05) is 44.7 Å². The molecule has 1 aliphatic rings. The Kier molecular flexibility index (Phi) is 7.97. The molecule has 3 rings (SSSR count). The molecule has 0 amide bonds. The molecule has 1 aromatic heterocycles. The van der Waals surface area contributed by atoms with E-state index in [1.54, 1.807) is 25.5 Å². The monoisotopic (exact) mass is 498 g/mol. The lowest BCUT2D eigenvalue weighted by atomic mass is 9.84. The van der Waals surface area contributed by atoms with Gasteiger partial charge in [-0.25, -0.2) is 14.4 Å². The summed E-state index contributed by atoms with van der Waals surface area (Å²) in [5.74, 6) is 1.43. The summed E-state index contributed by atoms with van der Waals surface area (Å²) in [5.41, 5.74) is 0.361. The fraction of sp³-hybridized carbons (Fsp3) is 0.450. The van der Waals surface area contributed by atoms with E-state index >= 15 is 0 Å². The summed E-state index contributed by atoms with van der Waals surface area (Å²) in [6, 6.07) is 8.77. The van der Waals surface area contributed by atoms with Gasteiger partial charge in [-0.3, -0.25) is 4.99 Å². The van der Waals surface area contributed by atoms with Gasteiger partial charge in [-0.15, -0.1) is 24.0 Å². The van der Waals surface area contributed by atoms with E-state index in [2.05, 4.69) is 30.1 Å². The number of halogens is 2. The van der Waals surface area contributed by atoms with Crippen LogP contribution in [-0.4, -0.2) is 60.6 Å². The van der Waals surface area contributed by atoms with Crippen LogP contribution in [0, 0.1) is 5.82 Å². The van der Waals surface area contributed by atoms with E-state index in [1.165, 1.54) is 6.07 Å². The van der Waals surface area contributed by atoms with Crippen LogP contribution in [0.2, 0.25) is 0 Å². The van der Waals surface area contributed by atoms with Crippen molar-refractivity contribution in [2.45, 2.75) is 19.3 Å². The summed E-state index contributed by atoms with van der Waals surface area (Å²) < 4.78 is 14.2. The first-order valence-corrected chi connectivity index (χ1v) is 9.24. The Bertz CT molecular complexity index is 775. The number of anilines is 1. The number of piperazine rings is 1. The minimum Gasteiger partial charge on any atom is -0.355 e. The number of rotatable bonds is 4. The first-order valence-electron chi connectivity index (χ1n) is 9.24. The van der Waals surface area contributed by atoms with Crippen LogP contribution in [0.1, 0.15) is 19.4 Å². The molecule has 1 aliphatic heterocycles. The Morgan fingerprint density at radius 3 is 2.36 bits per heavy atom. The van der Waals surface area contributed by atoms with E-state index in [4.69, 9.17) is 0 Å². The lowest BCUT2D eigenvalue weighted by molar-refractivity contribution is 0.363. The Labute approximate surface area is 183 Å². The average molecular weight is 498 g/mol. The molecule has 0 spiro atoms. The van der Waals surface area contributed by atoms with Crippen molar-refractivity contribution in [1.29, 1.82) is 0 Å². The van der Waals surface area contributed by atoms with Crippen LogP contribution in [0.3, 0.4) is 0 Å². The Hall–Kier alpha value is -1.97. The van der Waals surface area contributed by atoms with Gasteiger partial charge in [-0.1, -0.05) is 32.0 Å². The summed E-state index contributed by atoms with van der Waals surface area (Å²) in [6.07, 6.45) is 3.53. The first-order chi connectivity index (χ1) is 13.0. The van der Waals surface area contributed by atoms with Gasteiger partial charge in [0.05, 0.1) is 0 Å². The lowest BCUT2D eigenvalue weighted by Crippen LogP contribution is -2.54. The number of hydrogen-bond donors (Lipinski definition) is 1. The van der Waals surface area contributed by atoms with Crippen LogP contribution in [0.15, 0.2) is 47.7 Å². The molecule has 8 heteroatoms. The molecule has 2 aromatic rings. The molecule has 152 valence electrons. The third kappa shape index (κ3) is 5.30. The highest BCUT2D eigenvalue weighted by atomic mass is 127. The fourth-order valence-corrected chi connectivity index (χ4v) is 3.31. The molecule has 0 saturated carbocycles. The topological polar surface area (TPSA) is 56.7 Å². The van der Waals surface area contributed by atoms with Crippen LogP contribution in [0.4, 0.5) is 10.3 Å². The molecule has 1 N–H and O–H groups in total. The average Bonchev–Trinajstić information content (AvgIpc) is 2.70. The van der Waals surface area contributed by atoms with E-state index in [1.807, 2.05) is 32.0 Å². The number of guanidine groups is 1. The summed E-state index contributed by atoms with van der Waals surface area (Å²) in [7, 11) is 1.78. The standard InChI is InChI=1S/C20H27FN6.HI/c1-20(2,16-7-4-5-8-17(16)21)15-25-18(22-3)26-11-13-27(14-12-26)19-23-9-6-10-24-19;/h4-10H,11-15H2,1-3H3,(H,22,25);1H. The van der Waals surface area contributed by atoms with Gasteiger partial charge in [0.25, 0.3) is 0 Å². The Balaban J connectivity index is 0.00000280. The zero-order valence-corrected chi connectivity index (χ0v) is 18.9. The van der Waals surface area contributed by atoms with Crippen molar-refractivity contribution >= 4 is 35.9 Å². The highest BCUT2D eigenvalue weighted by Gasteiger charge is 2.26. The van der Waals surface area contributed by atoms with Crippen molar-refractivity contribution in [3.63, 3.8) is 0 Å². The van der Waals surface area contributed by atoms with Gasteiger partial charge in [0.1, 0.15) is 5.82 Å². The number of hydrogen-bond acceptors (Lipinski definition) is 4. The zero-order chi connectivity index (χ0) is 19.3. The molecule has 1 fully saturated rings. The van der Waals surface area contributed by atoms with Crippen molar-refractivity contribution in [1.82, 2.24) is 20.2 Å². The van der Waals surface area contributed by atoms with Crippen molar-refractivity contribution in [3.05, 3.63) is 54.1 Å². The molecule has 0 bridgehead atoms. The Morgan fingerprint density at radius 1 is 1.11 bits per heavy atom. The van der Waals surface area contributed by atoms with Gasteiger partial charge in [-0.05, 0) is 17.7 Å². The minimum absolute atomic E-state index is 0. The quantitative estimate of drug-likeness (QED) is 0.399. The van der Waals surface area contributed by atoms with Crippen molar-refractivity contribution in [2.24, 2.45) is 4.99 Å². The molecular weight excluding hydrogens is 470 g/mol. The smallest absolute Gasteiger partial charge is 0.225 e. The van der Waals surface area contributed by atoms with Crippen molar-refractivity contribution < 1.29 is 4.39 Å². The summed E-state index contributed by atoms with van der Waals surface area (Å²) >= 11 is 0. The van der Waals surface area contributed by atoms with E-state index in [9.17, 15) is 4.39 Å². The molecular formula is C20H28FIN6. The van der Waals surface area contributed by atoms with Crippen molar-refractivity contribution in [3.8, 4) is 0 Å². The third-order valence-corrected chi connectivity index (χ3v) is 4.92. The van der Waals surface area contributed by atoms with Gasteiger partial charge >= 0.3 is 0 Å². The summed E-state index contributed by atoms with van der Waals surface area (Å²) in [5, 5.41) is 3.42. The van der Waals surface area contributed by atoms with Gasteiger partial charge < -0.3 is 15.1 Å². The fourth-order valence-electron chi connectivity index (χ4n) is 3.31. The van der Waals surface area contributed by atoms with E-state index in [0.717, 1.165) is 38.1 Å². The number of aliphatic imine (C=N–C) groups is 1. The van der Waals surface area contributed by atoms with E-state index in [-0.39, 0.29) is 35.2 Å². The predicted octanol–water partition coefficient (Wildman–Crippen LogP) is 2.91. The molecule has 2 heterocycles. The maximum Gasteiger partial charge on any atom is 0.225 e. The number of nitrogens with zero attached hydrogens (tertiary/aromatic N) is 5. The molecule has 0 aliphatic carbocycles. The van der Waals surface area contributed by atoms with Crippen LogP contribution in [0.5, 0.6) is 0 Å². The summed E-state index contributed by atoms with van der Waals surface area (Å²) in [4.78, 5) is 17.4. The molecule has 0 atom stereocenters. The van der Waals surface area contributed by atoms with Crippen LogP contribution in [0.25, 0.3) is 0 Å². The van der Waals surface area contributed by atoms with E-state index < -0.39 is 0 Å². The van der Waals surface area contributed by atoms with Crippen LogP contribution < -0.4 is 10.2 Å². The van der Waals surface area contributed by atoms with Gasteiger partial charge in [0.2, 0.25) is 5.95 Å². The molecule has 1 aromatic carbocycles. The predicted molar refractivity (Wildman–Crippen MR) is 122 cm³/mol. The lowest BCUT2D eigenvalue weighted by Gasteiger charge is -2.37. The van der Waals surface area contributed by atoms with Gasteiger partial charge in [-0.2, -0.15) is 0 Å². The maximum atomic E-state index is 14.2. The second-order valence-electron chi connectivity index (χ2n) is 7.29. The third-order valence-electron chi connectivity index (χ3n) is 4.92. The number of benzene rings is 1. The number of nitrogens with one attached hydrogen (secondary N) is 1. The molecule has 1 saturated heterocycles. The second kappa shape index (κ2) is 9.99. The number of aromatic nitrogens is 2. The summed E-state index contributed by atoms with van der Waals surface area (Å²) in [6.45, 7) is 8.01. The maximum absolute atomic E-state index is 14.2. The Morgan fingerprint density at radius 2 is 1.75 bits per heavy atom. The molecule has 0 radical (unpaired) electrons. The zero-order valence-electron chi connectivity index (χ0n) is 16.6. The highest BCUT2D eigenvalue weighted by Crippen LogP contribution is 2.25. The van der Waals surface area contributed by atoms with E-state index in [0.29, 0.717) is 12.1 Å². The second-order valence-corrected chi connectivity index (χ2v) is 7.29. The van der Waals surface area contributed by atoms with Gasteiger partial charge in [0, 0.05) is 57.6 Å². The first kappa shape index (κ1) is 22.3. The van der Waals surface area contributed by atoms with Crippen LogP contribution in [-0.2, 0) is 5.41 Å². The highest BCUT2D eigenvalue weighted by molar-refractivity contribution is 14.0. The van der Waals surface area contributed by atoms with Crippen LogP contribution >= 0.6 is 24.0 Å². The SMILES string of the molecule is CN=C(NCC(C)(C)c1ccccc1F)N1CCN(c2ncccn2)CC1.I.